The zero-order chi connectivity index (χ0) is 29.1. The largest absolute Gasteiger partial charge is 0.391 e. The van der Waals surface area contributed by atoms with Gasteiger partial charge in [0.25, 0.3) is 0 Å². The van der Waals surface area contributed by atoms with E-state index in [1.807, 2.05) is 78.8 Å². The van der Waals surface area contributed by atoms with Crippen molar-refractivity contribution < 1.29 is 23.6 Å². The van der Waals surface area contributed by atoms with Crippen LogP contribution >= 0.6 is 11.3 Å². The Labute approximate surface area is 234 Å². The van der Waals surface area contributed by atoms with Crippen LogP contribution in [-0.4, -0.2) is 57.8 Å². The van der Waals surface area contributed by atoms with E-state index in [1.165, 1.54) is 0 Å². The minimum atomic E-state index is -0.613. The average Bonchev–Trinajstić information content (AvgIpc) is 3.63. The van der Waals surface area contributed by atoms with E-state index in [2.05, 4.69) is 15.5 Å². The van der Waals surface area contributed by atoms with E-state index < -0.39 is 18.8 Å². The van der Waals surface area contributed by atoms with Gasteiger partial charge in [-0.15, -0.1) is 11.3 Å². The molecule has 1 aliphatic heterocycles. The normalized spacial score (nSPS) is 17.9. The number of aliphatic hydroxyl groups is 1. The molecule has 10 heteroatoms. The maximum absolute atomic E-state index is 12.7. The first-order chi connectivity index (χ1) is 18.7. The fourth-order valence-corrected chi connectivity index (χ4v) is 5.32. The number of nitrogens with one attached hydrogen (secondary N) is 1. The first-order valence-corrected chi connectivity index (χ1v) is 14.2. The molecule has 2 amide bonds. The summed E-state index contributed by atoms with van der Waals surface area (Å²) < 4.78 is 18.0. The van der Waals surface area contributed by atoms with E-state index >= 15 is 0 Å². The Hall–Kier alpha value is -3.11. The van der Waals surface area contributed by atoms with E-state index in [1.54, 1.807) is 21.7 Å². The molecule has 8 nitrogen and oxygen atoms in total. The monoisotopic (exact) mass is 560 g/mol. The number of aryl methyl sites for hydroxylation is 2. The number of rotatable bonds is 8. The molecule has 4 atom stereocenters. The lowest BCUT2D eigenvalue weighted by Crippen LogP contribution is -2.39. The first-order valence-electron chi connectivity index (χ1n) is 13.3. The molecule has 4 unspecified atom stereocenters. The SMILES string of the molecule is CC.Cc1cc(C(C(=O)N2CC(O)CC2C)C(C)C)on1.Cc1ncsc1-c1ccc(C(CF)NC=O)cc1. The molecule has 39 heavy (non-hydrogen) atoms. The molecule has 3 aromatic rings. The van der Waals surface area contributed by atoms with Crippen molar-refractivity contribution in [3.05, 3.63) is 58.6 Å². The summed E-state index contributed by atoms with van der Waals surface area (Å²) in [5.74, 6) is 0.444. The molecular formula is C29H41FN4O4S. The van der Waals surface area contributed by atoms with Gasteiger partial charge in [0, 0.05) is 18.7 Å². The number of alkyl halides is 1. The predicted octanol–water partition coefficient (Wildman–Crippen LogP) is 5.61. The number of hydrogen-bond acceptors (Lipinski definition) is 7. The Morgan fingerprint density at radius 2 is 1.95 bits per heavy atom. The summed E-state index contributed by atoms with van der Waals surface area (Å²) in [6.45, 7) is 13.6. The fraction of sp³-hybridized carbons (Fsp3) is 0.517. The highest BCUT2D eigenvalue weighted by Crippen LogP contribution is 2.31. The Balaban J connectivity index is 0.000000258. The minimum Gasteiger partial charge on any atom is -0.391 e. The number of halogens is 1. The maximum Gasteiger partial charge on any atom is 0.234 e. The number of aliphatic hydroxyl groups excluding tert-OH is 1. The first kappa shape index (κ1) is 32.1. The third kappa shape index (κ3) is 8.44. The van der Waals surface area contributed by atoms with Crippen molar-refractivity contribution >= 4 is 23.7 Å². The molecule has 1 aromatic carbocycles. The third-order valence-corrected chi connectivity index (χ3v) is 7.44. The van der Waals surface area contributed by atoms with Crippen LogP contribution in [0.5, 0.6) is 0 Å². The number of hydrogen-bond donors (Lipinski definition) is 2. The molecule has 1 saturated heterocycles. The summed E-state index contributed by atoms with van der Waals surface area (Å²) in [7, 11) is 0. The molecule has 0 aliphatic carbocycles. The number of thiazole rings is 1. The maximum atomic E-state index is 12.7. The molecule has 1 fully saturated rings. The number of β-amino-alcohol motifs (C(OH)–C–C–N with tert-alkyl or cyclic N) is 1. The number of carbonyl (C=O) groups excluding carboxylic acids is 2. The van der Waals surface area contributed by atoms with Gasteiger partial charge in [0.15, 0.2) is 0 Å². The van der Waals surface area contributed by atoms with Crippen molar-refractivity contribution in [1.29, 1.82) is 0 Å². The fourth-order valence-electron chi connectivity index (χ4n) is 4.51. The molecule has 3 heterocycles. The Morgan fingerprint density at radius 1 is 1.28 bits per heavy atom. The van der Waals surface area contributed by atoms with Crippen molar-refractivity contribution in [3.8, 4) is 10.4 Å². The van der Waals surface area contributed by atoms with Crippen LogP contribution in [0.25, 0.3) is 10.4 Å². The molecule has 0 spiro atoms. The van der Waals surface area contributed by atoms with Crippen molar-refractivity contribution in [1.82, 2.24) is 20.4 Å². The number of benzene rings is 1. The van der Waals surface area contributed by atoms with Gasteiger partial charge in [-0.3, -0.25) is 9.59 Å². The quantitative estimate of drug-likeness (QED) is 0.347. The molecule has 2 N–H and O–H groups in total. The van der Waals surface area contributed by atoms with E-state index in [-0.39, 0.29) is 23.8 Å². The topological polar surface area (TPSA) is 109 Å². The average molecular weight is 561 g/mol. The third-order valence-electron chi connectivity index (χ3n) is 6.47. The lowest BCUT2D eigenvalue weighted by Gasteiger charge is -2.27. The summed E-state index contributed by atoms with van der Waals surface area (Å²) in [5.41, 5.74) is 5.39. The van der Waals surface area contributed by atoms with Crippen LogP contribution in [0.15, 0.2) is 40.4 Å². The molecule has 4 rings (SSSR count). The van der Waals surface area contributed by atoms with Gasteiger partial charge in [0.1, 0.15) is 18.4 Å². The molecule has 2 aromatic heterocycles. The minimum absolute atomic E-state index is 0.0233. The number of amides is 2. The summed E-state index contributed by atoms with van der Waals surface area (Å²) in [4.78, 5) is 30.1. The van der Waals surface area contributed by atoms with Crippen LogP contribution in [-0.2, 0) is 9.59 Å². The molecule has 0 saturated carbocycles. The second-order valence-electron chi connectivity index (χ2n) is 9.70. The van der Waals surface area contributed by atoms with E-state index in [4.69, 9.17) is 4.52 Å². The molecule has 0 radical (unpaired) electrons. The van der Waals surface area contributed by atoms with Crippen LogP contribution in [0.2, 0.25) is 0 Å². The molecular weight excluding hydrogens is 519 g/mol. The number of nitrogens with zero attached hydrogens (tertiary/aromatic N) is 3. The van der Waals surface area contributed by atoms with Crippen LogP contribution in [0, 0.1) is 19.8 Å². The zero-order valence-corrected chi connectivity index (χ0v) is 24.7. The Bertz CT molecular complexity index is 1160. The van der Waals surface area contributed by atoms with Gasteiger partial charge in [-0.2, -0.15) is 0 Å². The lowest BCUT2D eigenvalue weighted by molar-refractivity contribution is -0.135. The highest BCUT2D eigenvalue weighted by atomic mass is 32.1. The van der Waals surface area contributed by atoms with Crippen LogP contribution in [0.4, 0.5) is 4.39 Å². The van der Waals surface area contributed by atoms with E-state index in [0.717, 1.165) is 27.4 Å². The van der Waals surface area contributed by atoms with E-state index in [0.29, 0.717) is 25.1 Å². The van der Waals surface area contributed by atoms with Crippen LogP contribution < -0.4 is 5.32 Å². The van der Waals surface area contributed by atoms with Crippen LogP contribution in [0.1, 0.15) is 75.7 Å². The number of likely N-dealkylation sites (tertiary alicyclic amines) is 1. The highest BCUT2D eigenvalue weighted by molar-refractivity contribution is 7.13. The van der Waals surface area contributed by atoms with Gasteiger partial charge in [-0.05, 0) is 44.2 Å². The Morgan fingerprint density at radius 3 is 2.38 bits per heavy atom. The molecule has 0 bridgehead atoms. The lowest BCUT2D eigenvalue weighted by atomic mass is 9.91. The zero-order valence-electron chi connectivity index (χ0n) is 23.8. The molecule has 214 valence electrons. The second-order valence-corrected chi connectivity index (χ2v) is 10.6. The summed E-state index contributed by atoms with van der Waals surface area (Å²) in [5, 5.41) is 16.0. The van der Waals surface area contributed by atoms with Crippen LogP contribution in [0.3, 0.4) is 0 Å². The second kappa shape index (κ2) is 15.5. The summed E-state index contributed by atoms with van der Waals surface area (Å²) >= 11 is 1.58. The van der Waals surface area contributed by atoms with Gasteiger partial charge < -0.3 is 19.8 Å². The smallest absolute Gasteiger partial charge is 0.234 e. The number of aromatic nitrogens is 2. The number of carbonyl (C=O) groups is 2. The standard InChI is InChI=1S/C14H22N2O3.C13H13FN2OS.C2H6/c1-8(2)13(12-5-9(3)15-19-12)14(18)16-7-11(17)6-10(16)4;1-9-13(18-8-16-9)11-4-2-10(3-5-11)12(6-14)15-7-17;1-2/h5,8,10-11,13,17H,6-7H2,1-4H3;2-5,7-8,12H,6H2,1H3,(H,15,17);1-2H3. The summed E-state index contributed by atoms with van der Waals surface area (Å²) in [6.07, 6.45) is 0.750. The van der Waals surface area contributed by atoms with Crippen molar-refractivity contribution in [3.63, 3.8) is 0 Å². The van der Waals surface area contributed by atoms with Crippen molar-refractivity contribution in [2.24, 2.45) is 5.92 Å². The van der Waals surface area contributed by atoms with Gasteiger partial charge in [-0.25, -0.2) is 9.37 Å². The highest BCUT2D eigenvalue weighted by Gasteiger charge is 2.38. The van der Waals surface area contributed by atoms with Gasteiger partial charge in [0.2, 0.25) is 12.3 Å². The predicted molar refractivity (Wildman–Crippen MR) is 152 cm³/mol. The van der Waals surface area contributed by atoms with Crippen molar-refractivity contribution in [2.45, 2.75) is 79.0 Å². The Kier molecular flexibility index (Phi) is 12.7. The van der Waals surface area contributed by atoms with Gasteiger partial charge >= 0.3 is 0 Å². The van der Waals surface area contributed by atoms with Gasteiger partial charge in [-0.1, -0.05) is 57.1 Å². The van der Waals surface area contributed by atoms with E-state index in [9.17, 15) is 19.1 Å². The van der Waals surface area contributed by atoms with Crippen molar-refractivity contribution in [2.75, 3.05) is 13.2 Å². The molecule has 1 aliphatic rings. The summed E-state index contributed by atoms with van der Waals surface area (Å²) in [6, 6.07) is 8.83. The van der Waals surface area contributed by atoms with Gasteiger partial charge in [0.05, 0.1) is 33.9 Å².